The van der Waals surface area contributed by atoms with Crippen LogP contribution in [0.5, 0.6) is 0 Å². The topological polar surface area (TPSA) is 116 Å². The molecule has 9 nitrogen and oxygen atoms in total. The number of hydrogen-bond donors (Lipinski definition) is 1. The van der Waals surface area contributed by atoms with Gasteiger partial charge in [0.2, 0.25) is 5.91 Å². The molecule has 10 heteroatoms. The van der Waals surface area contributed by atoms with Crippen LogP contribution < -0.4 is 10.9 Å². The van der Waals surface area contributed by atoms with Gasteiger partial charge in [-0.25, -0.2) is 14.5 Å². The maximum absolute atomic E-state index is 12.5. The lowest BCUT2D eigenvalue weighted by atomic mass is 10.1. The van der Waals surface area contributed by atoms with Crippen LogP contribution in [0.25, 0.3) is 21.3 Å². The monoisotopic (exact) mass is 435 g/mol. The maximum Gasteiger partial charge on any atom is 0.358 e. The third-order valence-corrected chi connectivity index (χ3v) is 5.49. The van der Waals surface area contributed by atoms with Crippen molar-refractivity contribution in [2.24, 2.45) is 0 Å². The SMILES string of the molecule is COC(=O)c1nc(NC(=O)CCn2nnc3ccccc3c2=O)sc1-c1ccccc1. The van der Waals surface area contributed by atoms with Crippen molar-refractivity contribution in [3.8, 4) is 10.4 Å². The summed E-state index contributed by atoms with van der Waals surface area (Å²) in [6.45, 7) is 0.0588. The Morgan fingerprint density at radius 3 is 2.61 bits per heavy atom. The second kappa shape index (κ2) is 8.84. The summed E-state index contributed by atoms with van der Waals surface area (Å²) >= 11 is 1.17. The molecule has 2 heterocycles. The Hall–Kier alpha value is -3.92. The van der Waals surface area contributed by atoms with Gasteiger partial charge in [-0.2, -0.15) is 0 Å². The van der Waals surface area contributed by atoms with Crippen LogP contribution in [0.3, 0.4) is 0 Å². The number of ether oxygens (including phenoxy) is 1. The molecular weight excluding hydrogens is 418 g/mol. The van der Waals surface area contributed by atoms with E-state index in [1.807, 2.05) is 30.3 Å². The molecule has 0 saturated carbocycles. The molecular formula is C21H17N5O4S. The third kappa shape index (κ3) is 4.33. The fraction of sp³-hybridized carbons (Fsp3) is 0.143. The van der Waals surface area contributed by atoms with E-state index in [9.17, 15) is 14.4 Å². The maximum atomic E-state index is 12.5. The molecule has 2 aromatic heterocycles. The zero-order valence-corrected chi connectivity index (χ0v) is 17.3. The van der Waals surface area contributed by atoms with Gasteiger partial charge in [-0.3, -0.25) is 9.59 Å². The smallest absolute Gasteiger partial charge is 0.358 e. The van der Waals surface area contributed by atoms with Crippen molar-refractivity contribution in [1.29, 1.82) is 0 Å². The quantitative estimate of drug-likeness (QED) is 0.463. The minimum atomic E-state index is -0.589. The minimum absolute atomic E-state index is 0.0132. The molecule has 0 spiro atoms. The number of rotatable bonds is 6. The Bertz CT molecular complexity index is 1320. The Morgan fingerprint density at radius 1 is 1.10 bits per heavy atom. The number of fused-ring (bicyclic) bond motifs is 1. The van der Waals surface area contributed by atoms with Crippen LogP contribution in [0.1, 0.15) is 16.9 Å². The first kappa shape index (κ1) is 20.4. The van der Waals surface area contributed by atoms with Crippen molar-refractivity contribution in [2.75, 3.05) is 12.4 Å². The molecule has 0 atom stereocenters. The van der Waals surface area contributed by atoms with Crippen LogP contribution in [0.15, 0.2) is 59.4 Å². The number of carbonyl (C=O) groups excluding carboxylic acids is 2. The molecule has 0 saturated heterocycles. The summed E-state index contributed by atoms with van der Waals surface area (Å²) in [6.07, 6.45) is -0.0132. The number of aromatic nitrogens is 4. The number of anilines is 1. The molecule has 0 aliphatic carbocycles. The molecule has 0 aliphatic heterocycles. The van der Waals surface area contributed by atoms with E-state index in [1.54, 1.807) is 24.3 Å². The first-order valence-corrected chi connectivity index (χ1v) is 10.2. The number of nitrogens with one attached hydrogen (secondary N) is 1. The van der Waals surface area contributed by atoms with Crippen LogP contribution in [0.4, 0.5) is 5.13 Å². The second-order valence-electron chi connectivity index (χ2n) is 6.49. The van der Waals surface area contributed by atoms with E-state index < -0.39 is 5.97 Å². The summed E-state index contributed by atoms with van der Waals surface area (Å²) in [6, 6.07) is 16.1. The third-order valence-electron chi connectivity index (χ3n) is 4.47. The first-order valence-electron chi connectivity index (χ1n) is 9.34. The lowest BCUT2D eigenvalue weighted by molar-refractivity contribution is -0.116. The van der Waals surface area contributed by atoms with E-state index in [4.69, 9.17) is 4.74 Å². The highest BCUT2D eigenvalue weighted by Crippen LogP contribution is 2.33. The van der Waals surface area contributed by atoms with Crippen LogP contribution in [-0.2, 0) is 16.1 Å². The molecule has 156 valence electrons. The molecule has 0 bridgehead atoms. The lowest BCUT2D eigenvalue weighted by Crippen LogP contribution is -2.26. The van der Waals surface area contributed by atoms with Crippen molar-refractivity contribution < 1.29 is 14.3 Å². The summed E-state index contributed by atoms with van der Waals surface area (Å²) < 4.78 is 5.96. The number of nitrogens with zero attached hydrogens (tertiary/aromatic N) is 4. The van der Waals surface area contributed by atoms with E-state index in [1.165, 1.54) is 18.4 Å². The van der Waals surface area contributed by atoms with Gasteiger partial charge in [-0.05, 0) is 17.7 Å². The van der Waals surface area contributed by atoms with E-state index >= 15 is 0 Å². The van der Waals surface area contributed by atoms with Crippen molar-refractivity contribution in [3.63, 3.8) is 0 Å². The highest BCUT2D eigenvalue weighted by Gasteiger charge is 2.21. The molecule has 2 aromatic carbocycles. The Morgan fingerprint density at radius 2 is 1.84 bits per heavy atom. The number of esters is 1. The van der Waals surface area contributed by atoms with Crippen LogP contribution in [0.2, 0.25) is 0 Å². The van der Waals surface area contributed by atoms with Crippen LogP contribution >= 0.6 is 11.3 Å². The number of benzene rings is 2. The fourth-order valence-corrected chi connectivity index (χ4v) is 3.93. The summed E-state index contributed by atoms with van der Waals surface area (Å²) in [7, 11) is 1.27. The van der Waals surface area contributed by atoms with Gasteiger partial charge in [0.05, 0.1) is 23.9 Å². The molecule has 0 fully saturated rings. The number of hydrogen-bond acceptors (Lipinski definition) is 8. The van der Waals surface area contributed by atoms with E-state index in [2.05, 4.69) is 20.6 Å². The zero-order chi connectivity index (χ0) is 21.8. The van der Waals surface area contributed by atoms with Gasteiger partial charge >= 0.3 is 5.97 Å². The van der Waals surface area contributed by atoms with Gasteiger partial charge < -0.3 is 10.1 Å². The normalized spacial score (nSPS) is 10.7. The second-order valence-corrected chi connectivity index (χ2v) is 7.49. The van der Waals surface area contributed by atoms with Crippen LogP contribution in [0, 0.1) is 0 Å². The summed E-state index contributed by atoms with van der Waals surface area (Å²) in [4.78, 5) is 41.9. The lowest BCUT2D eigenvalue weighted by Gasteiger charge is -2.04. The number of thiazole rings is 1. The molecule has 4 aromatic rings. The van der Waals surface area contributed by atoms with E-state index in [0.717, 1.165) is 10.2 Å². The predicted octanol–water partition coefficient (Wildman–Crippen LogP) is 2.73. The summed E-state index contributed by atoms with van der Waals surface area (Å²) in [5, 5.41) is 11.3. The molecule has 1 N–H and O–H groups in total. The van der Waals surface area contributed by atoms with Gasteiger partial charge in [-0.1, -0.05) is 59.0 Å². The Balaban J connectivity index is 1.50. The van der Waals surface area contributed by atoms with Gasteiger partial charge in [0.1, 0.15) is 5.52 Å². The number of amides is 1. The van der Waals surface area contributed by atoms with Gasteiger partial charge in [0.15, 0.2) is 10.8 Å². The van der Waals surface area contributed by atoms with Crippen molar-refractivity contribution >= 4 is 39.2 Å². The molecule has 0 unspecified atom stereocenters. The molecule has 1 amide bonds. The Kier molecular flexibility index (Phi) is 5.80. The molecule has 0 radical (unpaired) electrons. The first-order chi connectivity index (χ1) is 15.1. The molecule has 0 aliphatic rings. The van der Waals surface area contributed by atoms with Gasteiger partial charge in [-0.15, -0.1) is 5.10 Å². The minimum Gasteiger partial charge on any atom is -0.464 e. The van der Waals surface area contributed by atoms with Crippen LogP contribution in [-0.4, -0.2) is 39.0 Å². The Labute approximate surface area is 180 Å². The number of methoxy groups -OCH3 is 1. The average molecular weight is 435 g/mol. The largest absolute Gasteiger partial charge is 0.464 e. The average Bonchev–Trinajstić information content (AvgIpc) is 3.22. The standard InChI is InChI=1S/C21H17N5O4S/c1-30-20(29)17-18(13-7-3-2-4-8-13)31-21(23-17)22-16(27)11-12-26-19(28)14-9-5-6-10-15(14)24-25-26/h2-10H,11-12H2,1H3,(H,22,23,27). The zero-order valence-electron chi connectivity index (χ0n) is 16.4. The van der Waals surface area contributed by atoms with Crippen molar-refractivity contribution in [1.82, 2.24) is 20.0 Å². The van der Waals surface area contributed by atoms with Crippen molar-refractivity contribution in [3.05, 3.63) is 70.6 Å². The fourth-order valence-electron chi connectivity index (χ4n) is 2.95. The highest BCUT2D eigenvalue weighted by atomic mass is 32.1. The number of aryl methyl sites for hydroxylation is 1. The predicted molar refractivity (Wildman–Crippen MR) is 116 cm³/mol. The van der Waals surface area contributed by atoms with Gasteiger partial charge in [0.25, 0.3) is 5.56 Å². The number of carbonyl (C=O) groups is 2. The summed E-state index contributed by atoms with van der Waals surface area (Å²) in [5.74, 6) is -0.958. The van der Waals surface area contributed by atoms with E-state index in [-0.39, 0.29) is 35.3 Å². The summed E-state index contributed by atoms with van der Waals surface area (Å²) in [5.41, 5.74) is 1.11. The van der Waals surface area contributed by atoms with Gasteiger partial charge in [0, 0.05) is 6.42 Å². The van der Waals surface area contributed by atoms with Crippen molar-refractivity contribution in [2.45, 2.75) is 13.0 Å². The highest BCUT2D eigenvalue weighted by molar-refractivity contribution is 7.19. The van der Waals surface area contributed by atoms with E-state index in [0.29, 0.717) is 15.8 Å². The molecule has 4 rings (SSSR count). The molecule has 31 heavy (non-hydrogen) atoms.